The highest BCUT2D eigenvalue weighted by molar-refractivity contribution is 5.68. The minimum Gasteiger partial charge on any atom is -0.444 e. The van der Waals surface area contributed by atoms with E-state index in [0.29, 0.717) is 18.0 Å². The van der Waals surface area contributed by atoms with Gasteiger partial charge in [-0.05, 0) is 52.4 Å². The summed E-state index contributed by atoms with van der Waals surface area (Å²) in [7, 11) is 0. The van der Waals surface area contributed by atoms with Crippen molar-refractivity contribution in [1.82, 2.24) is 4.90 Å². The van der Waals surface area contributed by atoms with Gasteiger partial charge in [0.15, 0.2) is 0 Å². The van der Waals surface area contributed by atoms with Gasteiger partial charge >= 0.3 is 6.09 Å². The van der Waals surface area contributed by atoms with Crippen LogP contribution in [0.2, 0.25) is 0 Å². The largest absolute Gasteiger partial charge is 0.444 e. The number of hydrogen-bond acceptors (Lipinski definition) is 3. The third kappa shape index (κ3) is 3.12. The number of nitrogens with zero attached hydrogens (tertiary/aromatic N) is 1. The summed E-state index contributed by atoms with van der Waals surface area (Å²) in [5, 5.41) is 0. The average molecular weight is 240 g/mol. The number of ether oxygens (including phenoxy) is 1. The first-order chi connectivity index (χ1) is 7.88. The van der Waals surface area contributed by atoms with Crippen LogP contribution in [-0.4, -0.2) is 35.2 Å². The zero-order valence-electron chi connectivity index (χ0n) is 11.1. The van der Waals surface area contributed by atoms with Gasteiger partial charge in [-0.15, -0.1) is 0 Å². The molecule has 1 saturated heterocycles. The summed E-state index contributed by atoms with van der Waals surface area (Å²) in [6.45, 7) is 6.55. The number of nitrogens with two attached hydrogens (primary N) is 1. The van der Waals surface area contributed by atoms with Gasteiger partial charge in [0, 0.05) is 18.6 Å². The van der Waals surface area contributed by atoms with Crippen LogP contribution in [0.1, 0.15) is 46.5 Å². The topological polar surface area (TPSA) is 55.6 Å². The molecule has 98 valence electrons. The molecule has 0 aromatic carbocycles. The molecule has 1 heterocycles. The number of carbonyl (C=O) groups excluding carboxylic acids is 1. The van der Waals surface area contributed by atoms with Crippen LogP contribution in [0.3, 0.4) is 0 Å². The molecule has 2 aliphatic rings. The third-order valence-electron chi connectivity index (χ3n) is 3.56. The molecule has 17 heavy (non-hydrogen) atoms. The molecule has 3 unspecified atom stereocenters. The van der Waals surface area contributed by atoms with Crippen molar-refractivity contribution in [2.45, 2.75) is 64.1 Å². The van der Waals surface area contributed by atoms with Crippen LogP contribution >= 0.6 is 0 Å². The Morgan fingerprint density at radius 3 is 2.53 bits per heavy atom. The smallest absolute Gasteiger partial charge is 0.410 e. The highest BCUT2D eigenvalue weighted by Gasteiger charge is 2.45. The fourth-order valence-electron chi connectivity index (χ4n) is 2.63. The molecule has 0 radical (unpaired) electrons. The quantitative estimate of drug-likeness (QED) is 0.764. The van der Waals surface area contributed by atoms with Gasteiger partial charge in [0.25, 0.3) is 0 Å². The molecule has 1 aliphatic carbocycles. The van der Waals surface area contributed by atoms with Crippen LogP contribution in [0.15, 0.2) is 0 Å². The van der Waals surface area contributed by atoms with Crippen LogP contribution in [-0.2, 0) is 4.74 Å². The minimum atomic E-state index is -0.412. The van der Waals surface area contributed by atoms with E-state index in [1.807, 2.05) is 25.7 Å². The molecule has 1 amide bonds. The molecule has 2 N–H and O–H groups in total. The molecule has 4 nitrogen and oxygen atoms in total. The van der Waals surface area contributed by atoms with Crippen molar-refractivity contribution < 1.29 is 9.53 Å². The summed E-state index contributed by atoms with van der Waals surface area (Å²) in [5.41, 5.74) is 5.50. The Kier molecular flexibility index (Phi) is 3.34. The summed E-state index contributed by atoms with van der Waals surface area (Å²) < 4.78 is 5.47. The van der Waals surface area contributed by atoms with Gasteiger partial charge in [-0.2, -0.15) is 0 Å². The van der Waals surface area contributed by atoms with Gasteiger partial charge in [-0.3, -0.25) is 0 Å². The molecule has 0 spiro atoms. The zero-order chi connectivity index (χ0) is 12.6. The van der Waals surface area contributed by atoms with E-state index in [1.54, 1.807) is 0 Å². The van der Waals surface area contributed by atoms with Crippen molar-refractivity contribution in [1.29, 1.82) is 0 Å². The second kappa shape index (κ2) is 4.48. The molecule has 3 atom stereocenters. The first-order valence-corrected chi connectivity index (χ1v) is 6.64. The highest BCUT2D eigenvalue weighted by Crippen LogP contribution is 2.39. The number of rotatable bonds is 1. The second-order valence-corrected chi connectivity index (χ2v) is 6.30. The van der Waals surface area contributed by atoms with Crippen LogP contribution in [0.4, 0.5) is 4.79 Å². The van der Waals surface area contributed by atoms with Gasteiger partial charge in [0.1, 0.15) is 5.60 Å². The van der Waals surface area contributed by atoms with Crippen molar-refractivity contribution in [2.24, 2.45) is 11.7 Å². The van der Waals surface area contributed by atoms with E-state index in [-0.39, 0.29) is 6.09 Å². The van der Waals surface area contributed by atoms with Crippen molar-refractivity contribution in [2.75, 3.05) is 6.54 Å². The molecule has 1 aliphatic heterocycles. The Balaban J connectivity index is 1.98. The SMILES string of the molecule is CC(C)(C)OC(=O)N1CCCCC1C1CC1N. The Morgan fingerprint density at radius 1 is 1.35 bits per heavy atom. The molecular formula is C13H24N2O2. The minimum absolute atomic E-state index is 0.165. The van der Waals surface area contributed by atoms with E-state index < -0.39 is 5.60 Å². The van der Waals surface area contributed by atoms with Crippen LogP contribution in [0.5, 0.6) is 0 Å². The first-order valence-electron chi connectivity index (χ1n) is 6.64. The molecule has 0 bridgehead atoms. The maximum atomic E-state index is 12.1. The summed E-state index contributed by atoms with van der Waals surface area (Å²) in [4.78, 5) is 14.0. The molecule has 1 saturated carbocycles. The zero-order valence-corrected chi connectivity index (χ0v) is 11.1. The van der Waals surface area contributed by atoms with E-state index in [4.69, 9.17) is 10.5 Å². The van der Waals surface area contributed by atoms with E-state index in [9.17, 15) is 4.79 Å². The lowest BCUT2D eigenvalue weighted by atomic mass is 9.98. The average Bonchev–Trinajstić information content (AvgIpc) is 2.93. The standard InChI is InChI=1S/C13H24N2O2/c1-13(2,3)17-12(16)15-7-5-4-6-11(15)9-8-10(9)14/h9-11H,4-8,14H2,1-3H3. The number of piperidine rings is 1. The molecule has 0 aromatic heterocycles. The Labute approximate surface area is 103 Å². The van der Waals surface area contributed by atoms with Crippen molar-refractivity contribution in [3.8, 4) is 0 Å². The Morgan fingerprint density at radius 2 is 2.00 bits per heavy atom. The van der Waals surface area contributed by atoms with Crippen LogP contribution < -0.4 is 5.73 Å². The molecule has 2 fully saturated rings. The van der Waals surface area contributed by atoms with E-state index in [2.05, 4.69) is 0 Å². The predicted octanol–water partition coefficient (Wildman–Crippen LogP) is 2.12. The summed E-state index contributed by atoms with van der Waals surface area (Å²) in [5.74, 6) is 0.503. The van der Waals surface area contributed by atoms with Crippen LogP contribution in [0.25, 0.3) is 0 Å². The van der Waals surface area contributed by atoms with E-state index in [0.717, 1.165) is 25.8 Å². The van der Waals surface area contributed by atoms with Gasteiger partial charge in [-0.25, -0.2) is 4.79 Å². The molecular weight excluding hydrogens is 216 g/mol. The predicted molar refractivity (Wildman–Crippen MR) is 66.7 cm³/mol. The fourth-order valence-corrected chi connectivity index (χ4v) is 2.63. The molecule has 0 aromatic rings. The number of hydrogen-bond donors (Lipinski definition) is 1. The summed E-state index contributed by atoms with van der Waals surface area (Å²) in [6, 6.07) is 0.608. The normalized spacial score (nSPS) is 33.4. The lowest BCUT2D eigenvalue weighted by Gasteiger charge is -2.37. The van der Waals surface area contributed by atoms with Gasteiger partial charge in [-0.1, -0.05) is 0 Å². The lowest BCUT2D eigenvalue weighted by Crippen LogP contribution is -2.47. The summed E-state index contributed by atoms with van der Waals surface area (Å²) in [6.07, 6.45) is 4.26. The third-order valence-corrected chi connectivity index (χ3v) is 3.56. The first kappa shape index (κ1) is 12.7. The number of carbonyl (C=O) groups is 1. The molecule has 4 heteroatoms. The van der Waals surface area contributed by atoms with Gasteiger partial charge in [0.2, 0.25) is 0 Å². The number of likely N-dealkylation sites (tertiary alicyclic amines) is 1. The Bertz CT molecular complexity index is 298. The van der Waals surface area contributed by atoms with Crippen molar-refractivity contribution >= 4 is 6.09 Å². The fraction of sp³-hybridized carbons (Fsp3) is 0.923. The Hall–Kier alpha value is -0.770. The summed E-state index contributed by atoms with van der Waals surface area (Å²) >= 11 is 0. The number of amides is 1. The molecule has 2 rings (SSSR count). The van der Waals surface area contributed by atoms with Gasteiger partial charge < -0.3 is 15.4 Å². The maximum Gasteiger partial charge on any atom is 0.410 e. The maximum absolute atomic E-state index is 12.1. The monoisotopic (exact) mass is 240 g/mol. The van der Waals surface area contributed by atoms with E-state index >= 15 is 0 Å². The highest BCUT2D eigenvalue weighted by atomic mass is 16.6. The van der Waals surface area contributed by atoms with Crippen molar-refractivity contribution in [3.63, 3.8) is 0 Å². The van der Waals surface area contributed by atoms with Crippen molar-refractivity contribution in [3.05, 3.63) is 0 Å². The lowest BCUT2D eigenvalue weighted by molar-refractivity contribution is 0.00686. The second-order valence-electron chi connectivity index (χ2n) is 6.30. The van der Waals surface area contributed by atoms with E-state index in [1.165, 1.54) is 6.42 Å². The van der Waals surface area contributed by atoms with Crippen LogP contribution in [0, 0.1) is 5.92 Å². The van der Waals surface area contributed by atoms with Gasteiger partial charge in [0.05, 0.1) is 0 Å².